The Labute approximate surface area is 198 Å². The molecule has 0 heterocycles. The van der Waals surface area contributed by atoms with Crippen LogP contribution in [0.25, 0.3) is 0 Å². The van der Waals surface area contributed by atoms with Crippen LogP contribution < -0.4 is 0 Å². The molecule has 0 aliphatic heterocycles. The number of rotatable bonds is 24. The molecule has 32 heavy (non-hydrogen) atoms. The van der Waals surface area contributed by atoms with Crippen molar-refractivity contribution in [1.82, 2.24) is 0 Å². The summed E-state index contributed by atoms with van der Waals surface area (Å²) in [6.45, 7) is 4.57. The van der Waals surface area contributed by atoms with Gasteiger partial charge >= 0.3 is 11.9 Å². The number of hydrogen-bond acceptors (Lipinski definition) is 3. The fraction of sp³-hybridized carbons (Fsp3) is 0.857. The molecule has 0 amide bonds. The SMILES string of the molecule is CCCCCCCCCCCC/C=C/CCCCCCCC(CC(=O)OCCC)C(=O)O. The standard InChI is InChI=1S/C28H52O4/c1-3-5-6-7-8-9-10-11-12-13-14-15-16-17-18-19-20-21-22-23-26(28(30)31)25-27(29)32-24-4-2/h15-16,26H,3-14,17-25H2,1-2H3,(H,30,31)/b16-15+. The average molecular weight is 453 g/mol. The van der Waals surface area contributed by atoms with E-state index in [1.807, 2.05) is 6.92 Å². The third-order valence-electron chi connectivity index (χ3n) is 6.04. The summed E-state index contributed by atoms with van der Waals surface area (Å²) in [4.78, 5) is 22.9. The first-order valence-electron chi connectivity index (χ1n) is 13.6. The van der Waals surface area contributed by atoms with Gasteiger partial charge in [0.1, 0.15) is 0 Å². The van der Waals surface area contributed by atoms with Gasteiger partial charge in [-0.1, -0.05) is 109 Å². The topological polar surface area (TPSA) is 63.6 Å². The lowest BCUT2D eigenvalue weighted by Gasteiger charge is -2.11. The molecule has 0 aliphatic rings. The molecule has 0 aromatic carbocycles. The zero-order valence-corrected chi connectivity index (χ0v) is 21.3. The zero-order chi connectivity index (χ0) is 23.7. The first-order chi connectivity index (χ1) is 15.6. The first kappa shape index (κ1) is 30.7. The van der Waals surface area contributed by atoms with Gasteiger partial charge in [0, 0.05) is 0 Å². The fourth-order valence-electron chi connectivity index (χ4n) is 3.96. The molecule has 1 atom stereocenters. The molecular formula is C28H52O4. The van der Waals surface area contributed by atoms with Crippen LogP contribution in [0.15, 0.2) is 12.2 Å². The van der Waals surface area contributed by atoms with E-state index in [9.17, 15) is 14.7 Å². The number of allylic oxidation sites excluding steroid dienone is 2. The summed E-state index contributed by atoms with van der Waals surface area (Å²) in [6.07, 6.45) is 27.7. The highest BCUT2D eigenvalue weighted by Crippen LogP contribution is 2.17. The quantitative estimate of drug-likeness (QED) is 0.0904. The number of carbonyl (C=O) groups excluding carboxylic acids is 1. The highest BCUT2D eigenvalue weighted by Gasteiger charge is 2.21. The molecule has 0 aromatic heterocycles. The van der Waals surface area contributed by atoms with Crippen molar-refractivity contribution in [2.24, 2.45) is 5.92 Å². The van der Waals surface area contributed by atoms with E-state index in [2.05, 4.69) is 19.1 Å². The van der Waals surface area contributed by atoms with Gasteiger partial charge in [-0.3, -0.25) is 9.59 Å². The van der Waals surface area contributed by atoms with E-state index in [4.69, 9.17) is 4.74 Å². The van der Waals surface area contributed by atoms with E-state index in [0.717, 1.165) is 32.1 Å². The number of carboxylic acids is 1. The predicted octanol–water partition coefficient (Wildman–Crippen LogP) is 8.63. The van der Waals surface area contributed by atoms with Crippen LogP contribution in [0.1, 0.15) is 142 Å². The summed E-state index contributed by atoms with van der Waals surface area (Å²) in [5.41, 5.74) is 0. The Hall–Kier alpha value is -1.32. The summed E-state index contributed by atoms with van der Waals surface area (Å²) < 4.78 is 5.01. The van der Waals surface area contributed by atoms with Crippen molar-refractivity contribution in [3.05, 3.63) is 12.2 Å². The minimum absolute atomic E-state index is 0.000818. The summed E-state index contributed by atoms with van der Waals surface area (Å²) in [6, 6.07) is 0. The van der Waals surface area contributed by atoms with Crippen molar-refractivity contribution in [1.29, 1.82) is 0 Å². The van der Waals surface area contributed by atoms with Crippen LogP contribution in [0.3, 0.4) is 0 Å². The normalized spacial score (nSPS) is 12.3. The van der Waals surface area contributed by atoms with Gasteiger partial charge in [0.25, 0.3) is 0 Å². The monoisotopic (exact) mass is 452 g/mol. The van der Waals surface area contributed by atoms with Crippen molar-refractivity contribution in [3.8, 4) is 0 Å². The highest BCUT2D eigenvalue weighted by molar-refractivity contribution is 5.78. The van der Waals surface area contributed by atoms with Crippen molar-refractivity contribution in [2.75, 3.05) is 6.61 Å². The number of ether oxygens (including phenoxy) is 1. The molecule has 0 aromatic rings. The summed E-state index contributed by atoms with van der Waals surface area (Å²) in [5, 5.41) is 9.28. The van der Waals surface area contributed by atoms with E-state index in [1.165, 1.54) is 83.5 Å². The fourth-order valence-corrected chi connectivity index (χ4v) is 3.96. The molecular weight excluding hydrogens is 400 g/mol. The van der Waals surface area contributed by atoms with Gasteiger partial charge in [0.15, 0.2) is 0 Å². The summed E-state index contributed by atoms with van der Waals surface area (Å²) in [7, 11) is 0. The smallest absolute Gasteiger partial charge is 0.307 e. The second-order valence-corrected chi connectivity index (χ2v) is 9.25. The average Bonchev–Trinajstić information content (AvgIpc) is 2.78. The minimum Gasteiger partial charge on any atom is -0.481 e. The Balaban J connectivity index is 3.45. The second kappa shape index (κ2) is 24.3. The molecule has 0 rings (SSSR count). The maximum atomic E-state index is 11.6. The molecule has 188 valence electrons. The number of carboxylic acid groups (broad SMARTS) is 1. The maximum absolute atomic E-state index is 11.6. The highest BCUT2D eigenvalue weighted by atomic mass is 16.5. The lowest BCUT2D eigenvalue weighted by atomic mass is 9.97. The van der Waals surface area contributed by atoms with Crippen molar-refractivity contribution < 1.29 is 19.4 Å². The van der Waals surface area contributed by atoms with Gasteiger partial charge in [0.05, 0.1) is 18.9 Å². The first-order valence-corrected chi connectivity index (χ1v) is 13.6. The Morgan fingerprint density at radius 1 is 0.688 bits per heavy atom. The zero-order valence-electron chi connectivity index (χ0n) is 21.3. The maximum Gasteiger partial charge on any atom is 0.307 e. The molecule has 0 aliphatic carbocycles. The Morgan fingerprint density at radius 3 is 1.62 bits per heavy atom. The summed E-state index contributed by atoms with van der Waals surface area (Å²) >= 11 is 0. The molecule has 4 nitrogen and oxygen atoms in total. The number of unbranched alkanes of at least 4 members (excludes halogenated alkanes) is 15. The number of carbonyl (C=O) groups is 2. The number of aliphatic carboxylic acids is 1. The van der Waals surface area contributed by atoms with Gasteiger partial charge in [-0.05, 0) is 38.5 Å². The molecule has 0 saturated heterocycles. The molecule has 1 N–H and O–H groups in total. The molecule has 4 heteroatoms. The predicted molar refractivity (Wildman–Crippen MR) is 135 cm³/mol. The Morgan fingerprint density at radius 2 is 1.16 bits per heavy atom. The largest absolute Gasteiger partial charge is 0.481 e. The van der Waals surface area contributed by atoms with E-state index >= 15 is 0 Å². The Kier molecular flexibility index (Phi) is 23.3. The van der Waals surface area contributed by atoms with Gasteiger partial charge in [0.2, 0.25) is 0 Å². The minimum atomic E-state index is -0.883. The van der Waals surface area contributed by atoms with E-state index in [-0.39, 0.29) is 12.4 Å². The van der Waals surface area contributed by atoms with Crippen molar-refractivity contribution in [3.63, 3.8) is 0 Å². The van der Waals surface area contributed by atoms with Crippen molar-refractivity contribution >= 4 is 11.9 Å². The van der Waals surface area contributed by atoms with Crippen LogP contribution in [0, 0.1) is 5.92 Å². The van der Waals surface area contributed by atoms with E-state index in [0.29, 0.717) is 13.0 Å². The van der Waals surface area contributed by atoms with Gasteiger partial charge in [-0.25, -0.2) is 0 Å². The third-order valence-corrected chi connectivity index (χ3v) is 6.04. The Bertz CT molecular complexity index is 458. The van der Waals surface area contributed by atoms with Gasteiger partial charge in [-0.15, -0.1) is 0 Å². The van der Waals surface area contributed by atoms with Crippen molar-refractivity contribution in [2.45, 2.75) is 142 Å². The van der Waals surface area contributed by atoms with Crippen LogP contribution in [0.4, 0.5) is 0 Å². The van der Waals surface area contributed by atoms with Crippen LogP contribution in [0.2, 0.25) is 0 Å². The molecule has 0 spiro atoms. The van der Waals surface area contributed by atoms with Crippen LogP contribution >= 0.6 is 0 Å². The van der Waals surface area contributed by atoms with Crippen LogP contribution in [0.5, 0.6) is 0 Å². The van der Waals surface area contributed by atoms with E-state index < -0.39 is 11.9 Å². The van der Waals surface area contributed by atoms with Crippen LogP contribution in [-0.2, 0) is 14.3 Å². The molecule has 0 saturated carbocycles. The van der Waals surface area contributed by atoms with E-state index in [1.54, 1.807) is 0 Å². The summed E-state index contributed by atoms with van der Waals surface area (Å²) in [5.74, 6) is -1.87. The lowest BCUT2D eigenvalue weighted by molar-refractivity contribution is -0.151. The second-order valence-electron chi connectivity index (χ2n) is 9.25. The number of hydrogen-bond donors (Lipinski definition) is 1. The lowest BCUT2D eigenvalue weighted by Crippen LogP contribution is -2.19. The molecule has 0 radical (unpaired) electrons. The van der Waals surface area contributed by atoms with Gasteiger partial charge < -0.3 is 9.84 Å². The number of esters is 1. The molecule has 0 fully saturated rings. The third kappa shape index (κ3) is 21.9. The molecule has 0 bridgehead atoms. The molecule has 1 unspecified atom stereocenters. The van der Waals surface area contributed by atoms with Crippen LogP contribution in [-0.4, -0.2) is 23.7 Å². The van der Waals surface area contributed by atoms with Gasteiger partial charge in [-0.2, -0.15) is 0 Å².